The smallest absolute Gasteiger partial charge is 0.318 e. The average Bonchev–Trinajstić information content (AvgIpc) is 2.80. The van der Waals surface area contributed by atoms with Gasteiger partial charge in [-0.15, -0.1) is 0 Å². The molecule has 1 amide bonds. The number of carbonyl (C=O) groups excluding carboxylic acids is 1. The van der Waals surface area contributed by atoms with Gasteiger partial charge in [0.25, 0.3) is 11.6 Å². The van der Waals surface area contributed by atoms with Crippen LogP contribution >= 0.6 is 0 Å². The SMILES string of the molecule is O=C(NN=Cc1cc([N+](=O)[O-])cc([N+](=O)[O-])c1O)C(O)(c1ccccc1)c1ccccc1. The second-order valence-electron chi connectivity index (χ2n) is 6.56. The maximum Gasteiger partial charge on any atom is 0.318 e. The second-order valence-corrected chi connectivity index (χ2v) is 6.56. The van der Waals surface area contributed by atoms with E-state index < -0.39 is 38.5 Å². The number of nitro groups is 2. The Kier molecular flexibility index (Phi) is 6.21. The van der Waals surface area contributed by atoms with E-state index in [0.717, 1.165) is 12.3 Å². The number of aliphatic hydroxyl groups is 1. The van der Waals surface area contributed by atoms with Gasteiger partial charge in [0.2, 0.25) is 5.75 Å². The summed E-state index contributed by atoms with van der Waals surface area (Å²) in [5, 5.41) is 47.0. The van der Waals surface area contributed by atoms with E-state index in [-0.39, 0.29) is 16.7 Å². The minimum absolute atomic E-state index is 0.257. The predicted octanol–water partition coefficient (Wildman–Crippen LogP) is 2.59. The number of amides is 1. The van der Waals surface area contributed by atoms with Crippen molar-refractivity contribution >= 4 is 23.5 Å². The first-order chi connectivity index (χ1) is 15.2. The minimum Gasteiger partial charge on any atom is -0.502 e. The van der Waals surface area contributed by atoms with Crippen molar-refractivity contribution in [3.8, 4) is 5.75 Å². The van der Waals surface area contributed by atoms with Gasteiger partial charge in [-0.1, -0.05) is 60.7 Å². The van der Waals surface area contributed by atoms with Crippen molar-refractivity contribution in [1.82, 2.24) is 5.43 Å². The molecule has 0 radical (unpaired) electrons. The van der Waals surface area contributed by atoms with Crippen molar-refractivity contribution in [3.63, 3.8) is 0 Å². The first-order valence-corrected chi connectivity index (χ1v) is 9.08. The van der Waals surface area contributed by atoms with E-state index in [2.05, 4.69) is 10.5 Å². The van der Waals surface area contributed by atoms with E-state index in [9.17, 15) is 35.2 Å². The Labute approximate surface area is 180 Å². The molecular formula is C21H16N4O7. The minimum atomic E-state index is -2.13. The monoisotopic (exact) mass is 436 g/mol. The van der Waals surface area contributed by atoms with E-state index in [1.807, 2.05) is 0 Å². The summed E-state index contributed by atoms with van der Waals surface area (Å²) >= 11 is 0. The molecule has 0 atom stereocenters. The molecule has 3 aromatic carbocycles. The van der Waals surface area contributed by atoms with Crippen LogP contribution in [0.3, 0.4) is 0 Å². The van der Waals surface area contributed by atoms with Crippen LogP contribution in [0, 0.1) is 20.2 Å². The molecule has 0 bridgehead atoms. The summed E-state index contributed by atoms with van der Waals surface area (Å²) in [6.07, 6.45) is 0.809. The third kappa shape index (κ3) is 4.27. The lowest BCUT2D eigenvalue weighted by Gasteiger charge is -2.27. The summed E-state index contributed by atoms with van der Waals surface area (Å²) in [7, 11) is 0. The molecule has 0 unspecified atom stereocenters. The van der Waals surface area contributed by atoms with E-state index >= 15 is 0 Å². The van der Waals surface area contributed by atoms with Crippen LogP contribution in [0.2, 0.25) is 0 Å². The Balaban J connectivity index is 1.96. The Hall–Kier alpha value is -4.64. The fourth-order valence-electron chi connectivity index (χ4n) is 3.00. The van der Waals surface area contributed by atoms with Crippen LogP contribution in [-0.4, -0.2) is 32.2 Å². The molecule has 32 heavy (non-hydrogen) atoms. The third-order valence-corrected chi connectivity index (χ3v) is 4.59. The normalized spacial score (nSPS) is 11.3. The van der Waals surface area contributed by atoms with Gasteiger partial charge in [0.05, 0.1) is 27.7 Å². The Morgan fingerprint density at radius 3 is 1.94 bits per heavy atom. The standard InChI is InChI=1S/C21H16N4O7/c26-19-14(11-17(24(29)30)12-18(19)25(31)32)13-22-23-20(27)21(28,15-7-3-1-4-8-15)16-9-5-2-6-10-16/h1-13,26,28H,(H,23,27). The highest BCUT2D eigenvalue weighted by atomic mass is 16.6. The molecule has 11 heteroatoms. The molecule has 0 aliphatic carbocycles. The van der Waals surface area contributed by atoms with Crippen LogP contribution < -0.4 is 5.43 Å². The zero-order valence-corrected chi connectivity index (χ0v) is 16.3. The van der Waals surface area contributed by atoms with Crippen molar-refractivity contribution in [3.05, 3.63) is 110 Å². The number of hydrogen-bond donors (Lipinski definition) is 3. The lowest BCUT2D eigenvalue weighted by Crippen LogP contribution is -2.43. The van der Waals surface area contributed by atoms with Crippen LogP contribution in [0.4, 0.5) is 11.4 Å². The zero-order valence-electron chi connectivity index (χ0n) is 16.3. The van der Waals surface area contributed by atoms with Crippen molar-refractivity contribution in [2.45, 2.75) is 5.60 Å². The third-order valence-electron chi connectivity index (χ3n) is 4.59. The number of carbonyl (C=O) groups is 1. The predicted molar refractivity (Wildman–Crippen MR) is 113 cm³/mol. The summed E-state index contributed by atoms with van der Waals surface area (Å²) in [4.78, 5) is 33.2. The molecule has 162 valence electrons. The fourth-order valence-corrected chi connectivity index (χ4v) is 3.00. The highest BCUT2D eigenvalue weighted by molar-refractivity contribution is 5.92. The van der Waals surface area contributed by atoms with Crippen LogP contribution in [0.5, 0.6) is 5.75 Å². The van der Waals surface area contributed by atoms with Crippen molar-refractivity contribution in [2.24, 2.45) is 5.10 Å². The molecule has 0 heterocycles. The van der Waals surface area contributed by atoms with Gasteiger partial charge in [-0.05, 0) is 11.1 Å². The second kappa shape index (κ2) is 9.02. The summed E-state index contributed by atoms with van der Waals surface area (Å²) in [5.74, 6) is -1.81. The maximum absolute atomic E-state index is 12.9. The quantitative estimate of drug-likeness (QED) is 0.290. The molecule has 3 rings (SSSR count). The number of nitro benzene ring substituents is 2. The highest BCUT2D eigenvalue weighted by Crippen LogP contribution is 2.33. The molecule has 11 nitrogen and oxygen atoms in total. The van der Waals surface area contributed by atoms with E-state index in [1.54, 1.807) is 60.7 Å². The lowest BCUT2D eigenvalue weighted by atomic mass is 9.85. The molecular weight excluding hydrogens is 420 g/mol. The summed E-state index contributed by atoms with van der Waals surface area (Å²) in [5.41, 5.74) is -1.40. The number of hydrogen-bond acceptors (Lipinski definition) is 8. The first-order valence-electron chi connectivity index (χ1n) is 9.08. The number of nitrogens with one attached hydrogen (secondary N) is 1. The number of nitrogens with zero attached hydrogens (tertiary/aromatic N) is 3. The van der Waals surface area contributed by atoms with Gasteiger partial charge >= 0.3 is 5.69 Å². The van der Waals surface area contributed by atoms with Crippen LogP contribution in [0.15, 0.2) is 77.9 Å². The van der Waals surface area contributed by atoms with Gasteiger partial charge in [0.15, 0.2) is 5.60 Å². The molecule has 0 aliphatic heterocycles. The topological polar surface area (TPSA) is 168 Å². The first kappa shape index (κ1) is 22.1. The van der Waals surface area contributed by atoms with Gasteiger partial charge in [0, 0.05) is 6.07 Å². The number of hydrazone groups is 1. The van der Waals surface area contributed by atoms with Gasteiger partial charge in [-0.2, -0.15) is 5.10 Å². The highest BCUT2D eigenvalue weighted by Gasteiger charge is 2.39. The van der Waals surface area contributed by atoms with Crippen molar-refractivity contribution < 1.29 is 24.9 Å². The number of phenolic OH excluding ortho intramolecular Hbond substituents is 1. The van der Waals surface area contributed by atoms with E-state index in [1.165, 1.54) is 0 Å². The van der Waals surface area contributed by atoms with Gasteiger partial charge in [-0.25, -0.2) is 5.43 Å². The number of rotatable bonds is 7. The number of non-ortho nitro benzene ring substituents is 1. The summed E-state index contributed by atoms with van der Waals surface area (Å²) in [6.45, 7) is 0. The van der Waals surface area contributed by atoms with E-state index in [0.29, 0.717) is 6.07 Å². The number of benzene rings is 3. The zero-order chi connectivity index (χ0) is 23.3. The van der Waals surface area contributed by atoms with Gasteiger partial charge in [0.1, 0.15) is 0 Å². The lowest BCUT2D eigenvalue weighted by molar-refractivity contribution is -0.394. The van der Waals surface area contributed by atoms with Crippen molar-refractivity contribution in [1.29, 1.82) is 0 Å². The fraction of sp³-hybridized carbons (Fsp3) is 0.0476. The molecule has 0 aromatic heterocycles. The Bertz CT molecular complexity index is 1160. The van der Waals surface area contributed by atoms with Crippen molar-refractivity contribution in [2.75, 3.05) is 0 Å². The van der Waals surface area contributed by atoms with Gasteiger partial charge in [-0.3, -0.25) is 25.0 Å². The number of phenols is 1. The molecule has 3 aromatic rings. The molecule has 0 saturated carbocycles. The molecule has 0 fully saturated rings. The Morgan fingerprint density at radius 1 is 0.938 bits per heavy atom. The Morgan fingerprint density at radius 2 is 1.47 bits per heavy atom. The summed E-state index contributed by atoms with van der Waals surface area (Å²) in [6, 6.07) is 17.6. The summed E-state index contributed by atoms with van der Waals surface area (Å²) < 4.78 is 0. The van der Waals surface area contributed by atoms with Crippen LogP contribution in [0.25, 0.3) is 0 Å². The van der Waals surface area contributed by atoms with E-state index in [4.69, 9.17) is 0 Å². The van der Waals surface area contributed by atoms with Crippen LogP contribution in [-0.2, 0) is 10.4 Å². The molecule has 0 spiro atoms. The number of aromatic hydroxyl groups is 1. The van der Waals surface area contributed by atoms with Gasteiger partial charge < -0.3 is 10.2 Å². The molecule has 0 saturated heterocycles. The maximum atomic E-state index is 12.9. The molecule has 0 aliphatic rings. The molecule has 3 N–H and O–H groups in total. The van der Waals surface area contributed by atoms with Crippen LogP contribution in [0.1, 0.15) is 16.7 Å². The largest absolute Gasteiger partial charge is 0.502 e. The average molecular weight is 436 g/mol.